The van der Waals surface area contributed by atoms with E-state index in [-0.39, 0.29) is 30.4 Å². The molecule has 1 fully saturated rings. The normalized spacial score (nSPS) is 16.9. The molecule has 0 spiro atoms. The zero-order chi connectivity index (χ0) is 24.7. The number of amides is 2. The fourth-order valence-corrected chi connectivity index (χ4v) is 4.17. The van der Waals surface area contributed by atoms with Crippen LogP contribution in [0.2, 0.25) is 0 Å². The largest absolute Gasteiger partial charge is 0.482 e. The average molecular weight is 476 g/mol. The molecule has 6 nitrogen and oxygen atoms in total. The van der Waals surface area contributed by atoms with Crippen LogP contribution in [0.3, 0.4) is 0 Å². The molecule has 9 heteroatoms. The van der Waals surface area contributed by atoms with Crippen molar-refractivity contribution in [1.82, 2.24) is 4.90 Å². The van der Waals surface area contributed by atoms with E-state index in [0.717, 1.165) is 17.7 Å². The van der Waals surface area contributed by atoms with Crippen molar-refractivity contribution >= 4 is 23.2 Å². The van der Waals surface area contributed by atoms with Gasteiger partial charge in [0.1, 0.15) is 12.3 Å². The smallest absolute Gasteiger partial charge is 0.416 e. The van der Waals surface area contributed by atoms with Gasteiger partial charge in [0, 0.05) is 31.9 Å². The van der Waals surface area contributed by atoms with Crippen LogP contribution in [0.1, 0.15) is 31.9 Å². The van der Waals surface area contributed by atoms with Gasteiger partial charge in [0.05, 0.1) is 11.3 Å². The lowest BCUT2D eigenvalue weighted by atomic mass is 9.86. The number of nitrogens with zero attached hydrogens (tertiary/aromatic N) is 3. The summed E-state index contributed by atoms with van der Waals surface area (Å²) in [5.74, 6) is 0.0790. The second-order valence-electron chi connectivity index (χ2n) is 9.62. The number of anilines is 2. The monoisotopic (exact) mass is 475 g/mol. The number of hydrogen-bond acceptors (Lipinski definition) is 4. The summed E-state index contributed by atoms with van der Waals surface area (Å²) in [7, 11) is 0. The Morgan fingerprint density at radius 2 is 1.68 bits per heavy atom. The van der Waals surface area contributed by atoms with Gasteiger partial charge in [0.15, 0.2) is 6.61 Å². The van der Waals surface area contributed by atoms with E-state index in [0.29, 0.717) is 43.3 Å². The maximum absolute atomic E-state index is 13.1. The van der Waals surface area contributed by atoms with Gasteiger partial charge in [-0.05, 0) is 41.3 Å². The van der Waals surface area contributed by atoms with E-state index >= 15 is 0 Å². The van der Waals surface area contributed by atoms with E-state index in [2.05, 4.69) is 20.8 Å². The van der Waals surface area contributed by atoms with Gasteiger partial charge in [-0.25, -0.2) is 0 Å². The van der Waals surface area contributed by atoms with Crippen LogP contribution in [0, 0.1) is 0 Å². The Morgan fingerprint density at radius 1 is 0.971 bits per heavy atom. The summed E-state index contributed by atoms with van der Waals surface area (Å²) >= 11 is 0. The Labute approximate surface area is 196 Å². The van der Waals surface area contributed by atoms with Crippen molar-refractivity contribution in [3.8, 4) is 5.75 Å². The highest BCUT2D eigenvalue weighted by atomic mass is 19.4. The fourth-order valence-electron chi connectivity index (χ4n) is 4.17. The maximum Gasteiger partial charge on any atom is 0.416 e. The van der Waals surface area contributed by atoms with E-state index in [1.165, 1.54) is 11.0 Å². The zero-order valence-corrected chi connectivity index (χ0v) is 19.5. The Balaban J connectivity index is 1.44. The van der Waals surface area contributed by atoms with Crippen molar-refractivity contribution < 1.29 is 27.5 Å². The summed E-state index contributed by atoms with van der Waals surface area (Å²) in [6, 6.07) is 10.9. The van der Waals surface area contributed by atoms with Gasteiger partial charge in [-0.2, -0.15) is 13.2 Å². The minimum atomic E-state index is -4.40. The number of carbonyl (C=O) groups is 2. The summed E-state index contributed by atoms with van der Waals surface area (Å²) in [5.41, 5.74) is 1.26. The maximum atomic E-state index is 13.1. The van der Waals surface area contributed by atoms with Crippen molar-refractivity contribution in [2.24, 2.45) is 0 Å². The lowest BCUT2D eigenvalue weighted by molar-refractivity contribution is -0.137. The second-order valence-corrected chi connectivity index (χ2v) is 9.62. The SMILES string of the molecule is CC(C)(C)c1ccc2c(c1)N(CC(=O)N1CCN(c3cccc(C(F)(F)F)c3)CC1)C(=O)CO2. The van der Waals surface area contributed by atoms with E-state index in [1.54, 1.807) is 11.0 Å². The Kier molecular flexibility index (Phi) is 6.22. The molecule has 0 N–H and O–H groups in total. The van der Waals surface area contributed by atoms with Crippen LogP contribution < -0.4 is 14.5 Å². The number of ether oxygens (including phenoxy) is 1. The molecule has 0 unspecified atom stereocenters. The van der Waals surface area contributed by atoms with Crippen LogP contribution >= 0.6 is 0 Å². The third-order valence-corrected chi connectivity index (χ3v) is 6.23. The summed E-state index contributed by atoms with van der Waals surface area (Å²) in [5, 5.41) is 0. The summed E-state index contributed by atoms with van der Waals surface area (Å²) in [6.07, 6.45) is -4.40. The number of halogens is 3. The first-order valence-electron chi connectivity index (χ1n) is 11.2. The van der Waals surface area contributed by atoms with Crippen molar-refractivity contribution in [2.75, 3.05) is 49.1 Å². The van der Waals surface area contributed by atoms with Crippen LogP contribution in [-0.4, -0.2) is 56.0 Å². The van der Waals surface area contributed by atoms with Crippen LogP contribution in [0.4, 0.5) is 24.5 Å². The molecule has 1 saturated heterocycles. The van der Waals surface area contributed by atoms with Gasteiger partial charge in [-0.3, -0.25) is 14.5 Å². The third-order valence-electron chi connectivity index (χ3n) is 6.23. The number of rotatable bonds is 3. The molecule has 2 aliphatic rings. The lowest BCUT2D eigenvalue weighted by Gasteiger charge is -2.38. The molecule has 34 heavy (non-hydrogen) atoms. The van der Waals surface area contributed by atoms with Crippen LogP contribution in [0.15, 0.2) is 42.5 Å². The summed E-state index contributed by atoms with van der Waals surface area (Å²) in [4.78, 5) is 30.6. The number of piperazine rings is 1. The van der Waals surface area contributed by atoms with Crippen molar-refractivity contribution in [3.05, 3.63) is 53.6 Å². The molecule has 0 saturated carbocycles. The quantitative estimate of drug-likeness (QED) is 0.672. The number of carbonyl (C=O) groups excluding carboxylic acids is 2. The van der Waals surface area contributed by atoms with Gasteiger partial charge in [0.2, 0.25) is 5.91 Å². The van der Waals surface area contributed by atoms with Crippen molar-refractivity contribution in [3.63, 3.8) is 0 Å². The van der Waals surface area contributed by atoms with Gasteiger partial charge in [-0.1, -0.05) is 32.9 Å². The molecule has 0 radical (unpaired) electrons. The Bertz CT molecular complexity index is 1090. The highest BCUT2D eigenvalue weighted by Crippen LogP contribution is 2.36. The molecule has 2 aromatic rings. The van der Waals surface area contributed by atoms with Gasteiger partial charge >= 0.3 is 6.18 Å². The Hall–Kier alpha value is -3.23. The number of fused-ring (bicyclic) bond motifs is 1. The molecule has 0 aromatic heterocycles. The predicted octanol–water partition coefficient (Wildman–Crippen LogP) is 4.08. The molecule has 2 amide bonds. The van der Waals surface area contributed by atoms with E-state index in [9.17, 15) is 22.8 Å². The Morgan fingerprint density at radius 3 is 2.32 bits per heavy atom. The van der Waals surface area contributed by atoms with E-state index < -0.39 is 11.7 Å². The van der Waals surface area contributed by atoms with Crippen LogP contribution in [-0.2, 0) is 21.2 Å². The van der Waals surface area contributed by atoms with E-state index in [4.69, 9.17) is 4.74 Å². The molecular weight excluding hydrogens is 447 g/mol. The van der Waals surface area contributed by atoms with Crippen LogP contribution in [0.25, 0.3) is 0 Å². The molecule has 2 aliphatic heterocycles. The van der Waals surface area contributed by atoms with Crippen molar-refractivity contribution in [2.45, 2.75) is 32.4 Å². The molecule has 4 rings (SSSR count). The second kappa shape index (κ2) is 8.85. The number of benzene rings is 2. The summed E-state index contributed by atoms with van der Waals surface area (Å²) < 4.78 is 44.7. The van der Waals surface area contributed by atoms with Gasteiger partial charge in [0.25, 0.3) is 5.91 Å². The zero-order valence-electron chi connectivity index (χ0n) is 19.5. The minimum absolute atomic E-state index is 0.105. The highest BCUT2D eigenvalue weighted by molar-refractivity contribution is 6.02. The predicted molar refractivity (Wildman–Crippen MR) is 123 cm³/mol. The molecule has 2 aromatic carbocycles. The summed E-state index contributed by atoms with van der Waals surface area (Å²) in [6.45, 7) is 7.53. The molecule has 0 atom stereocenters. The highest BCUT2D eigenvalue weighted by Gasteiger charge is 2.33. The molecule has 182 valence electrons. The first-order chi connectivity index (χ1) is 15.9. The minimum Gasteiger partial charge on any atom is -0.482 e. The van der Waals surface area contributed by atoms with Gasteiger partial charge in [-0.15, -0.1) is 0 Å². The first kappa shape index (κ1) is 23.9. The first-order valence-corrected chi connectivity index (χ1v) is 11.2. The third kappa shape index (κ3) is 4.98. The van der Waals surface area contributed by atoms with Crippen molar-refractivity contribution in [1.29, 1.82) is 0 Å². The molecule has 0 bridgehead atoms. The lowest BCUT2D eigenvalue weighted by Crippen LogP contribution is -2.53. The van der Waals surface area contributed by atoms with Gasteiger partial charge < -0.3 is 14.5 Å². The number of alkyl halides is 3. The molecule has 0 aliphatic carbocycles. The van der Waals surface area contributed by atoms with E-state index in [1.807, 2.05) is 23.1 Å². The fraction of sp³-hybridized carbons (Fsp3) is 0.440. The topological polar surface area (TPSA) is 53.1 Å². The average Bonchev–Trinajstić information content (AvgIpc) is 2.79. The standard InChI is InChI=1S/C25H28F3N3O3/c1-24(2,3)17-7-8-21-20(14-17)31(23(33)16-34-21)15-22(32)30-11-9-29(10-12-30)19-6-4-5-18(13-19)25(26,27)28/h4-8,13-14H,9-12,15-16H2,1-3H3. The molecule has 2 heterocycles. The molecular formula is C25H28F3N3O3. The van der Waals surface area contributed by atoms with Crippen LogP contribution in [0.5, 0.6) is 5.75 Å². The number of hydrogen-bond donors (Lipinski definition) is 0.